The van der Waals surface area contributed by atoms with Gasteiger partial charge in [0.2, 0.25) is 0 Å². The van der Waals surface area contributed by atoms with E-state index in [0.29, 0.717) is 0 Å². The van der Waals surface area contributed by atoms with Crippen LogP contribution >= 0.6 is 0 Å². The van der Waals surface area contributed by atoms with Crippen molar-refractivity contribution in [3.63, 3.8) is 0 Å². The maximum atomic E-state index is 5.70. The molecule has 4 nitrogen and oxygen atoms in total. The first-order chi connectivity index (χ1) is 35.5. The van der Waals surface area contributed by atoms with Gasteiger partial charge in [-0.05, 0) is 115 Å². The molecule has 8 aromatic carbocycles. The van der Waals surface area contributed by atoms with Gasteiger partial charge >= 0.3 is 0 Å². The minimum absolute atomic E-state index is 0.829. The molecule has 11 aromatic rings. The summed E-state index contributed by atoms with van der Waals surface area (Å²) in [6.45, 7) is 17.3. The minimum Gasteiger partial charge on any atom is -0.354 e. The fraction of sp³-hybridized carbons (Fsp3) is 0. The van der Waals surface area contributed by atoms with Crippen molar-refractivity contribution in [1.82, 2.24) is 19.9 Å². The number of benzene rings is 8. The maximum absolute atomic E-state index is 5.70. The molecule has 5 heterocycles. The Morgan fingerprint density at radius 1 is 0.306 bits per heavy atom. The number of aromatic nitrogens is 4. The zero-order chi connectivity index (χ0) is 48.5. The van der Waals surface area contributed by atoms with Crippen LogP contribution in [0.1, 0.15) is 22.3 Å². The van der Waals surface area contributed by atoms with Crippen molar-refractivity contribution in [3.8, 4) is 89.5 Å². The largest absolute Gasteiger partial charge is 0.354 e. The second-order valence-corrected chi connectivity index (χ2v) is 18.4. The number of rotatable bonds is 8. The monoisotopic (exact) mass is 918 g/mol. The van der Waals surface area contributed by atoms with Gasteiger partial charge in [0.05, 0.1) is 22.8 Å². The van der Waals surface area contributed by atoms with Gasteiger partial charge in [0.1, 0.15) is 0 Å². The van der Waals surface area contributed by atoms with Crippen molar-refractivity contribution >= 4 is 67.9 Å². The molecule has 0 saturated heterocycles. The number of nitrogens with one attached hydrogen (secondary N) is 2. The van der Waals surface area contributed by atoms with Gasteiger partial charge in [-0.2, -0.15) is 0 Å². The van der Waals surface area contributed by atoms with Gasteiger partial charge in [-0.25, -0.2) is 9.97 Å². The van der Waals surface area contributed by atoms with Crippen LogP contribution in [0.2, 0.25) is 0 Å². The molecule has 0 aliphatic carbocycles. The lowest BCUT2D eigenvalue weighted by Crippen LogP contribution is -1.88. The summed E-state index contributed by atoms with van der Waals surface area (Å²) in [5, 5.41) is 4.25. The third-order valence-corrected chi connectivity index (χ3v) is 14.3. The molecule has 3 aromatic heterocycles. The smallest absolute Gasteiger partial charge is 0.0743 e. The van der Waals surface area contributed by atoms with Crippen molar-refractivity contribution in [3.05, 3.63) is 243 Å². The average molecular weight is 919 g/mol. The zero-order valence-electron chi connectivity index (χ0n) is 39.5. The Bertz CT molecular complexity index is 4250. The van der Waals surface area contributed by atoms with Crippen LogP contribution in [0.25, 0.3) is 157 Å². The first-order valence-electron chi connectivity index (χ1n) is 24.3. The van der Waals surface area contributed by atoms with E-state index in [-0.39, 0.29) is 0 Å². The summed E-state index contributed by atoms with van der Waals surface area (Å²) >= 11 is 0. The second kappa shape index (κ2) is 17.1. The summed E-state index contributed by atoms with van der Waals surface area (Å²) in [5.74, 6) is 0. The summed E-state index contributed by atoms with van der Waals surface area (Å²) in [7, 11) is 0. The number of hydrogen-bond donors (Lipinski definition) is 2. The van der Waals surface area contributed by atoms with E-state index in [2.05, 4.69) is 230 Å². The number of nitrogens with zero attached hydrogens (tertiary/aromatic N) is 2. The topological polar surface area (TPSA) is 57.4 Å². The van der Waals surface area contributed by atoms with Gasteiger partial charge in [0, 0.05) is 65.9 Å². The highest BCUT2D eigenvalue weighted by molar-refractivity contribution is 6.19. The highest BCUT2D eigenvalue weighted by Gasteiger charge is 2.27. The van der Waals surface area contributed by atoms with Crippen LogP contribution in [0.15, 0.2) is 220 Å². The Morgan fingerprint density at radius 3 is 1.39 bits per heavy atom. The molecule has 338 valence electrons. The first kappa shape index (κ1) is 42.5. The molecule has 0 atom stereocenters. The Morgan fingerprint density at radius 2 is 0.750 bits per heavy atom. The highest BCUT2D eigenvalue weighted by Crippen LogP contribution is 2.49. The second-order valence-electron chi connectivity index (χ2n) is 18.4. The molecular formula is C68H46N4. The molecule has 0 spiro atoms. The van der Waals surface area contributed by atoms with Crippen molar-refractivity contribution in [2.75, 3.05) is 0 Å². The fourth-order valence-corrected chi connectivity index (χ4v) is 11.1. The lowest BCUT2D eigenvalue weighted by molar-refractivity contribution is 1.40. The predicted molar refractivity (Wildman–Crippen MR) is 307 cm³/mol. The maximum Gasteiger partial charge on any atom is 0.0743 e. The summed E-state index contributed by atoms with van der Waals surface area (Å²) in [6, 6.07) is 69.1. The van der Waals surface area contributed by atoms with E-state index in [1.807, 2.05) is 24.3 Å². The van der Waals surface area contributed by atoms with E-state index >= 15 is 0 Å². The molecule has 0 unspecified atom stereocenters. The summed E-state index contributed by atoms with van der Waals surface area (Å²) in [5.41, 5.74) is 24.0. The van der Waals surface area contributed by atoms with Crippen molar-refractivity contribution in [2.24, 2.45) is 0 Å². The molecule has 2 aliphatic rings. The minimum atomic E-state index is 0.829. The van der Waals surface area contributed by atoms with Gasteiger partial charge in [0.25, 0.3) is 0 Å². The van der Waals surface area contributed by atoms with Gasteiger partial charge in [-0.1, -0.05) is 196 Å². The van der Waals surface area contributed by atoms with Crippen LogP contribution in [-0.4, -0.2) is 19.9 Å². The molecular weight excluding hydrogens is 873 g/mol. The third-order valence-electron chi connectivity index (χ3n) is 14.3. The van der Waals surface area contributed by atoms with Crippen LogP contribution in [0, 0.1) is 0 Å². The lowest BCUT2D eigenvalue weighted by atomic mass is 9.90. The van der Waals surface area contributed by atoms with Crippen LogP contribution in [0.5, 0.6) is 0 Å². The Balaban J connectivity index is 1.28. The molecule has 4 heteroatoms. The van der Waals surface area contributed by atoms with E-state index in [9.17, 15) is 0 Å². The quantitative estimate of drug-likeness (QED) is 0.160. The molecule has 0 radical (unpaired) electrons. The molecule has 0 fully saturated rings. The molecule has 72 heavy (non-hydrogen) atoms. The summed E-state index contributed by atoms with van der Waals surface area (Å²) in [6.07, 6.45) is 7.76. The van der Waals surface area contributed by atoms with Crippen LogP contribution in [0.3, 0.4) is 0 Å². The van der Waals surface area contributed by atoms with Gasteiger partial charge in [-0.15, -0.1) is 0 Å². The third kappa shape index (κ3) is 6.84. The summed E-state index contributed by atoms with van der Waals surface area (Å²) in [4.78, 5) is 19.4. The fourth-order valence-electron chi connectivity index (χ4n) is 11.1. The summed E-state index contributed by atoms with van der Waals surface area (Å²) < 4.78 is 0. The molecule has 8 bridgehead atoms. The molecule has 2 N–H and O–H groups in total. The SMILES string of the molecule is C=Cc1cc(-c2ccccc2)c2c(c1)-c1cc3[nH]c(cc4nc(cc5[nH]c(cc-2n1)c1c(C=C)ccc(-c2ccccc2)c51)-c1c(C=C)ccc(-c2ccccc2)c1-4)c1cc(C=C)cc(-c2ccccc2)c31. The van der Waals surface area contributed by atoms with Crippen molar-refractivity contribution in [1.29, 1.82) is 0 Å². The average Bonchev–Trinajstić information content (AvgIpc) is 4.19. The Hall–Kier alpha value is -9.64. The lowest BCUT2D eigenvalue weighted by Gasteiger charge is -2.12. The van der Waals surface area contributed by atoms with E-state index in [1.54, 1.807) is 0 Å². The predicted octanol–water partition coefficient (Wildman–Crippen LogP) is 18.5. The van der Waals surface area contributed by atoms with E-state index < -0.39 is 0 Å². The van der Waals surface area contributed by atoms with Gasteiger partial charge in [-0.3, -0.25) is 0 Å². The number of aromatic amines is 2. The first-order valence-corrected chi connectivity index (χ1v) is 24.3. The molecule has 2 aliphatic heterocycles. The Kier molecular flexibility index (Phi) is 10.1. The number of fused-ring (bicyclic) bond motifs is 20. The molecule has 0 saturated carbocycles. The Labute approximate surface area is 418 Å². The van der Waals surface area contributed by atoms with Crippen molar-refractivity contribution < 1.29 is 0 Å². The van der Waals surface area contributed by atoms with E-state index in [0.717, 1.165) is 155 Å². The highest BCUT2D eigenvalue weighted by atomic mass is 14.8. The van der Waals surface area contributed by atoms with E-state index in [4.69, 9.17) is 9.97 Å². The zero-order valence-corrected chi connectivity index (χ0v) is 39.5. The van der Waals surface area contributed by atoms with E-state index in [1.165, 1.54) is 0 Å². The molecule has 0 amide bonds. The number of hydrogen-bond acceptors (Lipinski definition) is 2. The number of H-pyrrole nitrogens is 2. The normalized spacial score (nSPS) is 11.6. The molecule has 13 rings (SSSR count). The van der Waals surface area contributed by atoms with Crippen LogP contribution in [0.4, 0.5) is 0 Å². The standard InChI is InChI=1S/C68H46N4/c1-5-41-33-51(47-25-17-11-18-26-47)65-54(36-41)56-38-61-67-49(45-21-13-9-14-22-45)31-29-44(8-4)64(67)58(71-61)40-62-68-50(46-23-15-10-16-24-46)32-30-43(7-3)63(68)57(72-62)39-60-66-52(48-27-19-12-20-28-48)34-42(6-2)35-53(66)55(70-60)37-59(65)69-56/h5-40,69,72H,1-4H2. The van der Waals surface area contributed by atoms with Gasteiger partial charge in [0.15, 0.2) is 0 Å². The van der Waals surface area contributed by atoms with Crippen molar-refractivity contribution in [2.45, 2.75) is 0 Å². The van der Waals surface area contributed by atoms with Gasteiger partial charge < -0.3 is 9.97 Å². The van der Waals surface area contributed by atoms with Crippen LogP contribution in [-0.2, 0) is 0 Å². The van der Waals surface area contributed by atoms with Crippen LogP contribution < -0.4 is 0 Å².